The summed E-state index contributed by atoms with van der Waals surface area (Å²) >= 11 is 8.23. The van der Waals surface area contributed by atoms with E-state index in [1.54, 1.807) is 22.4 Å². The molecule has 0 bridgehead atoms. The molecule has 41 heavy (non-hydrogen) atoms. The SMILES string of the molecule is CC(C)(C)OC(=O)N1CCC(F)(Cn2ccc3cc(Cl)cc(-c4ccnc5cc(CN6CCCC6=O)sc45)c32)CC1. The monoisotopic (exact) mass is 596 g/mol. The molecule has 0 atom stereocenters. The van der Waals surface area contributed by atoms with Crippen LogP contribution in [0.4, 0.5) is 9.18 Å². The van der Waals surface area contributed by atoms with E-state index in [4.69, 9.17) is 16.3 Å². The number of likely N-dealkylation sites (tertiary alicyclic amines) is 2. The third kappa shape index (κ3) is 5.79. The smallest absolute Gasteiger partial charge is 0.410 e. The standard InChI is InChI=1S/C31H34ClFN4O3S/c1-30(2,3)40-29(39)35-13-8-31(33,9-14-35)19-37-12-7-20-15-21(32)16-24(27(20)37)23-6-10-34-25-17-22(41-28(23)25)18-36-11-4-5-26(36)38/h6-7,10,12,15-17H,4-5,8-9,11,13-14,18-19H2,1-3H3. The second-order valence-corrected chi connectivity index (χ2v) is 13.7. The summed E-state index contributed by atoms with van der Waals surface area (Å²) in [4.78, 5) is 33.9. The fourth-order valence-corrected chi connectivity index (χ4v) is 7.25. The van der Waals surface area contributed by atoms with E-state index in [-0.39, 0.29) is 25.3 Å². The first-order valence-corrected chi connectivity index (χ1v) is 15.3. The summed E-state index contributed by atoms with van der Waals surface area (Å²) in [5, 5.41) is 1.54. The van der Waals surface area contributed by atoms with Gasteiger partial charge in [-0.2, -0.15) is 0 Å². The normalized spacial score (nSPS) is 17.6. The van der Waals surface area contributed by atoms with Crippen molar-refractivity contribution in [1.82, 2.24) is 19.4 Å². The maximum atomic E-state index is 16.3. The van der Waals surface area contributed by atoms with Gasteiger partial charge in [0.25, 0.3) is 0 Å². The molecule has 2 saturated heterocycles. The average molecular weight is 597 g/mol. The molecular formula is C31H34ClFN4O3S. The first kappa shape index (κ1) is 28.0. The van der Waals surface area contributed by atoms with Gasteiger partial charge in [0.1, 0.15) is 11.3 Å². The van der Waals surface area contributed by atoms with Crippen molar-refractivity contribution in [3.8, 4) is 11.1 Å². The number of pyridine rings is 1. The molecule has 216 valence electrons. The van der Waals surface area contributed by atoms with Crippen LogP contribution in [-0.2, 0) is 22.6 Å². The van der Waals surface area contributed by atoms with Crippen LogP contribution in [0.5, 0.6) is 0 Å². The summed E-state index contributed by atoms with van der Waals surface area (Å²) in [6.45, 7) is 7.67. The topological polar surface area (TPSA) is 67.7 Å². The van der Waals surface area contributed by atoms with Crippen LogP contribution in [0.15, 0.2) is 42.7 Å². The average Bonchev–Trinajstić information content (AvgIpc) is 3.61. The van der Waals surface area contributed by atoms with Gasteiger partial charge < -0.3 is 19.1 Å². The van der Waals surface area contributed by atoms with E-state index >= 15 is 4.39 Å². The van der Waals surface area contributed by atoms with E-state index in [1.165, 1.54) is 0 Å². The van der Waals surface area contributed by atoms with E-state index in [9.17, 15) is 9.59 Å². The molecule has 4 aromatic rings. The highest BCUT2D eigenvalue weighted by Gasteiger charge is 2.38. The van der Waals surface area contributed by atoms with Gasteiger partial charge in [0.15, 0.2) is 0 Å². The molecule has 0 radical (unpaired) electrons. The van der Waals surface area contributed by atoms with Crippen LogP contribution in [0.3, 0.4) is 0 Å². The third-order valence-corrected chi connectivity index (χ3v) is 9.22. The van der Waals surface area contributed by atoms with Crippen LogP contribution in [0.2, 0.25) is 5.02 Å². The highest BCUT2D eigenvalue weighted by atomic mass is 35.5. The minimum atomic E-state index is -1.46. The first-order chi connectivity index (χ1) is 19.5. The van der Waals surface area contributed by atoms with E-state index in [0.29, 0.717) is 31.1 Å². The Morgan fingerprint density at radius 2 is 1.93 bits per heavy atom. The molecule has 7 nitrogen and oxygen atoms in total. The Balaban J connectivity index is 1.30. The number of fused-ring (bicyclic) bond motifs is 2. The van der Waals surface area contributed by atoms with Gasteiger partial charge in [-0.05, 0) is 57.5 Å². The molecule has 3 aromatic heterocycles. The van der Waals surface area contributed by atoms with Crippen molar-refractivity contribution in [1.29, 1.82) is 0 Å². The lowest BCUT2D eigenvalue weighted by Gasteiger charge is -2.37. The second kappa shape index (κ2) is 10.6. The summed E-state index contributed by atoms with van der Waals surface area (Å²) < 4.78 is 24.8. The lowest BCUT2D eigenvalue weighted by molar-refractivity contribution is -0.128. The van der Waals surface area contributed by atoms with Gasteiger partial charge in [0, 0.05) is 77.7 Å². The predicted octanol–water partition coefficient (Wildman–Crippen LogP) is 7.43. The number of rotatable bonds is 5. The van der Waals surface area contributed by atoms with Gasteiger partial charge >= 0.3 is 6.09 Å². The molecule has 6 rings (SSSR count). The molecule has 0 unspecified atom stereocenters. The molecule has 0 spiro atoms. The summed E-state index contributed by atoms with van der Waals surface area (Å²) in [5.74, 6) is 0.196. The Labute approximate surface area is 247 Å². The lowest BCUT2D eigenvalue weighted by Crippen LogP contribution is -2.47. The molecular weight excluding hydrogens is 563 g/mol. The molecule has 2 aliphatic rings. The van der Waals surface area contributed by atoms with Crippen molar-refractivity contribution < 1.29 is 18.7 Å². The van der Waals surface area contributed by atoms with Crippen LogP contribution in [0.1, 0.15) is 51.3 Å². The minimum Gasteiger partial charge on any atom is -0.444 e. The number of piperidine rings is 1. The van der Waals surface area contributed by atoms with Crippen LogP contribution in [0.25, 0.3) is 32.2 Å². The zero-order chi connectivity index (χ0) is 28.9. The number of nitrogens with zero attached hydrogens (tertiary/aromatic N) is 4. The fraction of sp³-hybridized carbons (Fsp3) is 0.452. The van der Waals surface area contributed by atoms with Crippen LogP contribution >= 0.6 is 22.9 Å². The molecule has 2 fully saturated rings. The number of carbonyl (C=O) groups excluding carboxylic acids is 2. The predicted molar refractivity (Wildman–Crippen MR) is 161 cm³/mol. The van der Waals surface area contributed by atoms with Crippen LogP contribution in [0, 0.1) is 0 Å². The Morgan fingerprint density at radius 3 is 2.63 bits per heavy atom. The Bertz CT molecular complexity index is 1630. The summed E-state index contributed by atoms with van der Waals surface area (Å²) in [5.41, 5.74) is 1.64. The Morgan fingerprint density at radius 1 is 1.15 bits per heavy atom. The molecule has 2 aliphatic heterocycles. The number of ether oxygens (including phenoxy) is 1. The van der Waals surface area contributed by atoms with Gasteiger partial charge in [-0.15, -0.1) is 11.3 Å². The molecule has 0 N–H and O–H groups in total. The molecule has 0 aliphatic carbocycles. The van der Waals surface area contributed by atoms with E-state index in [2.05, 4.69) is 11.1 Å². The first-order valence-electron chi connectivity index (χ1n) is 14.1. The van der Waals surface area contributed by atoms with Gasteiger partial charge in [0.05, 0.1) is 28.8 Å². The van der Waals surface area contributed by atoms with Crippen molar-refractivity contribution in [3.63, 3.8) is 0 Å². The summed E-state index contributed by atoms with van der Waals surface area (Å²) in [6, 6.07) is 9.86. The maximum Gasteiger partial charge on any atom is 0.410 e. The van der Waals surface area contributed by atoms with Gasteiger partial charge in [-0.3, -0.25) is 9.78 Å². The maximum absolute atomic E-state index is 16.3. The van der Waals surface area contributed by atoms with Gasteiger partial charge in [0.2, 0.25) is 5.91 Å². The Kier molecular flexibility index (Phi) is 7.22. The zero-order valence-corrected chi connectivity index (χ0v) is 25.2. The number of hydrogen-bond donors (Lipinski definition) is 0. The number of alkyl halides is 1. The van der Waals surface area contributed by atoms with E-state index < -0.39 is 17.4 Å². The number of halogens is 2. The van der Waals surface area contributed by atoms with Gasteiger partial charge in [-0.1, -0.05) is 11.6 Å². The number of amides is 2. The zero-order valence-electron chi connectivity index (χ0n) is 23.6. The number of aromatic nitrogens is 2. The Hall–Kier alpha value is -3.17. The fourth-order valence-electron chi connectivity index (χ4n) is 5.87. The quantitative estimate of drug-likeness (QED) is 0.240. The molecule has 0 saturated carbocycles. The number of hydrogen-bond acceptors (Lipinski definition) is 5. The molecule has 5 heterocycles. The van der Waals surface area contributed by atoms with Crippen molar-refractivity contribution >= 4 is 56.1 Å². The number of benzene rings is 1. The molecule has 2 amide bonds. The molecule has 1 aromatic carbocycles. The van der Waals surface area contributed by atoms with Gasteiger partial charge in [-0.25, -0.2) is 9.18 Å². The molecule has 10 heteroatoms. The van der Waals surface area contributed by atoms with Crippen LogP contribution in [-0.4, -0.2) is 62.3 Å². The number of thiophene rings is 1. The highest BCUT2D eigenvalue weighted by Crippen LogP contribution is 2.41. The number of carbonyl (C=O) groups is 2. The summed E-state index contributed by atoms with van der Waals surface area (Å²) in [6.07, 6.45) is 5.30. The van der Waals surface area contributed by atoms with E-state index in [1.807, 2.05) is 60.7 Å². The minimum absolute atomic E-state index is 0.175. The van der Waals surface area contributed by atoms with Crippen molar-refractivity contribution in [3.05, 3.63) is 52.6 Å². The highest BCUT2D eigenvalue weighted by molar-refractivity contribution is 7.19. The largest absolute Gasteiger partial charge is 0.444 e. The van der Waals surface area contributed by atoms with Crippen molar-refractivity contribution in [2.24, 2.45) is 0 Å². The van der Waals surface area contributed by atoms with E-state index in [0.717, 1.165) is 50.1 Å². The van der Waals surface area contributed by atoms with Crippen molar-refractivity contribution in [2.75, 3.05) is 19.6 Å². The lowest BCUT2D eigenvalue weighted by atomic mass is 9.93. The van der Waals surface area contributed by atoms with Crippen LogP contribution < -0.4 is 0 Å². The van der Waals surface area contributed by atoms with Crippen molar-refractivity contribution in [2.45, 2.75) is 70.8 Å². The second-order valence-electron chi connectivity index (χ2n) is 12.2. The third-order valence-electron chi connectivity index (χ3n) is 7.86. The summed E-state index contributed by atoms with van der Waals surface area (Å²) in [7, 11) is 0.